The van der Waals surface area contributed by atoms with Gasteiger partial charge in [0.05, 0.1) is 13.7 Å². The van der Waals surface area contributed by atoms with Gasteiger partial charge in [0, 0.05) is 18.1 Å². The van der Waals surface area contributed by atoms with Crippen molar-refractivity contribution in [1.29, 1.82) is 5.41 Å². The molecule has 0 aliphatic carbocycles. The highest BCUT2D eigenvalue weighted by Crippen LogP contribution is 1.98. The second kappa shape index (κ2) is 11.9. The van der Waals surface area contributed by atoms with Crippen LogP contribution < -0.4 is 0 Å². The van der Waals surface area contributed by atoms with Crippen LogP contribution in [0.4, 0.5) is 0 Å². The van der Waals surface area contributed by atoms with Gasteiger partial charge >= 0.3 is 11.9 Å². The number of isocyanates is 1. The lowest BCUT2D eigenvalue weighted by Gasteiger charge is -2.00. The number of ether oxygens (including phenoxy) is 2. The number of rotatable bonds is 5. The van der Waals surface area contributed by atoms with Crippen molar-refractivity contribution >= 4 is 18.0 Å². The van der Waals surface area contributed by atoms with Crippen LogP contribution in [0.5, 0.6) is 0 Å². The van der Waals surface area contributed by atoms with E-state index in [9.17, 15) is 9.59 Å². The molecule has 1 N–H and O–H groups in total. The van der Waals surface area contributed by atoms with Gasteiger partial charge < -0.3 is 9.47 Å². The van der Waals surface area contributed by atoms with Gasteiger partial charge in [0.2, 0.25) is 6.08 Å². The average molecular weight is 241 g/mol. The summed E-state index contributed by atoms with van der Waals surface area (Å²) in [4.78, 5) is 29.8. The van der Waals surface area contributed by atoms with Crippen molar-refractivity contribution < 1.29 is 23.9 Å². The third kappa shape index (κ3) is 11.7. The molecule has 0 unspecified atom stereocenters. The lowest BCUT2D eigenvalue weighted by Crippen LogP contribution is -2.03. The van der Waals surface area contributed by atoms with Crippen molar-refractivity contribution in [3.05, 3.63) is 24.3 Å². The maximum absolute atomic E-state index is 10.9. The highest BCUT2D eigenvalue weighted by atomic mass is 16.5. The Labute approximate surface area is 99.4 Å². The minimum absolute atomic E-state index is 0.235. The molecule has 17 heavy (non-hydrogen) atoms. The molecular weight excluding hydrogens is 226 g/mol. The molecule has 0 aliphatic rings. The van der Waals surface area contributed by atoms with Gasteiger partial charge in [0.25, 0.3) is 0 Å². The van der Waals surface area contributed by atoms with Crippen LogP contribution in [-0.2, 0) is 23.9 Å². The van der Waals surface area contributed by atoms with Gasteiger partial charge in [-0.25, -0.2) is 19.8 Å². The first-order valence-electron chi connectivity index (χ1n) is 4.61. The standard InChI is InChI=1S/C10H14O4.CHNO/c1-4-9(11)14-7-5-6-8(2)10(12)13-3;2-1-3/h4,6H,1,5,7H2,2-3H3;2H. The molecule has 0 atom stereocenters. The minimum atomic E-state index is -0.464. The largest absolute Gasteiger partial charge is 0.466 e. The number of carbonyl (C=O) groups is 2. The molecule has 0 bridgehead atoms. The Kier molecular flexibility index (Phi) is 12.0. The van der Waals surface area contributed by atoms with Gasteiger partial charge in [-0.3, -0.25) is 0 Å². The SMILES string of the molecule is C=CC(=O)OCCC=C(C)C(=O)OC.N=C=O. The van der Waals surface area contributed by atoms with Crippen LogP contribution in [-0.4, -0.2) is 31.7 Å². The number of esters is 2. The number of methoxy groups -OCH3 is 1. The summed E-state index contributed by atoms with van der Waals surface area (Å²) in [5, 5.41) is 5.40. The first-order valence-corrected chi connectivity index (χ1v) is 4.61. The third-order valence-corrected chi connectivity index (χ3v) is 1.49. The zero-order valence-electron chi connectivity index (χ0n) is 9.82. The Bertz CT molecular complexity index is 327. The van der Waals surface area contributed by atoms with E-state index >= 15 is 0 Å². The van der Waals surface area contributed by atoms with E-state index in [1.165, 1.54) is 7.11 Å². The molecule has 0 radical (unpaired) electrons. The molecule has 0 aromatic heterocycles. The maximum atomic E-state index is 10.9. The molecule has 0 aliphatic heterocycles. The lowest BCUT2D eigenvalue weighted by atomic mass is 10.2. The normalized spacial score (nSPS) is 9.18. The maximum Gasteiger partial charge on any atom is 0.333 e. The van der Waals surface area contributed by atoms with Gasteiger partial charge in [-0.15, -0.1) is 0 Å². The van der Waals surface area contributed by atoms with Gasteiger partial charge in [-0.1, -0.05) is 12.7 Å². The molecular formula is C11H15NO5. The first-order chi connectivity index (χ1) is 8.03. The van der Waals surface area contributed by atoms with Crippen molar-refractivity contribution in [1.82, 2.24) is 0 Å². The average Bonchev–Trinajstić information content (AvgIpc) is 2.33. The van der Waals surface area contributed by atoms with E-state index in [-0.39, 0.29) is 12.6 Å². The summed E-state index contributed by atoms with van der Waals surface area (Å²) in [6.07, 6.45) is 3.99. The smallest absolute Gasteiger partial charge is 0.333 e. The summed E-state index contributed by atoms with van der Waals surface area (Å²) in [5.74, 6) is -0.839. The van der Waals surface area contributed by atoms with Crippen LogP contribution >= 0.6 is 0 Å². The molecule has 0 rings (SSSR count). The Balaban J connectivity index is 0. The zero-order chi connectivity index (χ0) is 13.7. The van der Waals surface area contributed by atoms with E-state index in [2.05, 4.69) is 11.3 Å². The van der Waals surface area contributed by atoms with Crippen LogP contribution in [0, 0.1) is 5.41 Å². The summed E-state index contributed by atoms with van der Waals surface area (Å²) in [6, 6.07) is 0. The summed E-state index contributed by atoms with van der Waals surface area (Å²) in [5.41, 5.74) is 0.502. The van der Waals surface area contributed by atoms with Crippen molar-refractivity contribution in [2.45, 2.75) is 13.3 Å². The molecule has 0 saturated heterocycles. The van der Waals surface area contributed by atoms with Gasteiger partial charge in [-0.2, -0.15) is 0 Å². The zero-order valence-corrected chi connectivity index (χ0v) is 9.82. The fourth-order valence-electron chi connectivity index (χ4n) is 0.738. The van der Waals surface area contributed by atoms with Crippen LogP contribution in [0.1, 0.15) is 13.3 Å². The highest BCUT2D eigenvalue weighted by Gasteiger charge is 2.01. The minimum Gasteiger partial charge on any atom is -0.466 e. The van der Waals surface area contributed by atoms with Crippen LogP contribution in [0.25, 0.3) is 0 Å². The van der Waals surface area contributed by atoms with Crippen LogP contribution in [0.2, 0.25) is 0 Å². The second-order valence-corrected chi connectivity index (χ2v) is 2.64. The number of hydrogen-bond donors (Lipinski definition) is 1. The molecule has 0 aromatic carbocycles. The highest BCUT2D eigenvalue weighted by molar-refractivity contribution is 5.87. The van der Waals surface area contributed by atoms with E-state index in [1.807, 2.05) is 0 Å². The van der Waals surface area contributed by atoms with E-state index in [0.29, 0.717) is 12.0 Å². The Morgan fingerprint density at radius 2 is 2.00 bits per heavy atom. The fourth-order valence-corrected chi connectivity index (χ4v) is 0.738. The van der Waals surface area contributed by atoms with Crippen LogP contribution in [0.3, 0.4) is 0 Å². The quantitative estimate of drug-likeness (QED) is 0.256. The Hall–Kier alpha value is -2.20. The topological polar surface area (TPSA) is 93.5 Å². The predicted molar refractivity (Wildman–Crippen MR) is 60.0 cm³/mol. The number of nitrogens with one attached hydrogen (secondary N) is 1. The summed E-state index contributed by atoms with van der Waals surface area (Å²) in [7, 11) is 1.32. The summed E-state index contributed by atoms with van der Waals surface area (Å²) >= 11 is 0. The van der Waals surface area contributed by atoms with Crippen molar-refractivity contribution in [2.24, 2.45) is 0 Å². The van der Waals surface area contributed by atoms with Crippen molar-refractivity contribution in [3.63, 3.8) is 0 Å². The van der Waals surface area contributed by atoms with Crippen LogP contribution in [0.15, 0.2) is 24.3 Å². The monoisotopic (exact) mass is 241 g/mol. The van der Waals surface area contributed by atoms with E-state index in [1.54, 1.807) is 13.0 Å². The predicted octanol–water partition coefficient (Wildman–Crippen LogP) is 1.13. The molecule has 6 heteroatoms. The molecule has 94 valence electrons. The summed E-state index contributed by atoms with van der Waals surface area (Å²) < 4.78 is 9.18. The number of carbonyl (C=O) groups excluding carboxylic acids is 3. The van der Waals surface area contributed by atoms with E-state index in [0.717, 1.165) is 12.2 Å². The molecule has 0 amide bonds. The van der Waals surface area contributed by atoms with Gasteiger partial charge in [-0.05, 0) is 6.92 Å². The summed E-state index contributed by atoms with van der Waals surface area (Å²) in [6.45, 7) is 5.13. The Morgan fingerprint density at radius 3 is 2.41 bits per heavy atom. The molecule has 0 aromatic rings. The molecule has 0 heterocycles. The van der Waals surface area contributed by atoms with Gasteiger partial charge in [0.1, 0.15) is 0 Å². The van der Waals surface area contributed by atoms with Crippen molar-refractivity contribution in [2.75, 3.05) is 13.7 Å². The number of hydrogen-bond acceptors (Lipinski definition) is 6. The fraction of sp³-hybridized carbons (Fsp3) is 0.364. The molecule has 0 saturated carbocycles. The Morgan fingerprint density at radius 1 is 1.47 bits per heavy atom. The lowest BCUT2D eigenvalue weighted by molar-refractivity contribution is -0.137. The molecule has 0 spiro atoms. The molecule has 6 nitrogen and oxygen atoms in total. The molecule has 0 fully saturated rings. The van der Waals surface area contributed by atoms with E-state index in [4.69, 9.17) is 14.9 Å². The van der Waals surface area contributed by atoms with Gasteiger partial charge in [0.15, 0.2) is 0 Å². The van der Waals surface area contributed by atoms with E-state index < -0.39 is 5.97 Å². The first kappa shape index (κ1) is 17.2. The van der Waals surface area contributed by atoms with Crippen molar-refractivity contribution in [3.8, 4) is 0 Å². The second-order valence-electron chi connectivity index (χ2n) is 2.64. The third-order valence-electron chi connectivity index (χ3n) is 1.49.